The van der Waals surface area contributed by atoms with E-state index in [1.54, 1.807) is 0 Å². The van der Waals surface area contributed by atoms with Crippen molar-refractivity contribution >= 4 is 69.0 Å². The Kier molecular flexibility index (Phi) is 4.54. The van der Waals surface area contributed by atoms with Gasteiger partial charge in [0.05, 0.1) is 21.4 Å². The van der Waals surface area contributed by atoms with Gasteiger partial charge in [0.2, 0.25) is 0 Å². The second-order valence-corrected chi connectivity index (χ2v) is 6.45. The number of aromatic hydroxyl groups is 1. The van der Waals surface area contributed by atoms with E-state index in [2.05, 4.69) is 9.97 Å². The topological polar surface area (TPSA) is 48.9 Å². The van der Waals surface area contributed by atoms with E-state index in [4.69, 9.17) is 34.8 Å². The maximum absolute atomic E-state index is 10.1. The zero-order valence-electron chi connectivity index (χ0n) is 12.0. The van der Waals surface area contributed by atoms with Crippen LogP contribution in [0.3, 0.4) is 0 Å². The normalized spacial score (nSPS) is 11.0. The number of benzene rings is 2. The predicted molar refractivity (Wildman–Crippen MR) is 103 cm³/mol. The van der Waals surface area contributed by atoms with E-state index in [9.17, 15) is 5.11 Å². The number of phenolic OH excluding ortho intramolecular Hbond substituents is 1. The lowest BCUT2D eigenvalue weighted by Crippen LogP contribution is -1.87. The lowest BCUT2D eigenvalue weighted by atomic mass is 10.1. The van der Waals surface area contributed by atoms with E-state index in [1.807, 2.05) is 36.4 Å². The fourth-order valence-electron chi connectivity index (χ4n) is 2.59. The number of nitrogens with one attached hydrogen (secondary N) is 1. The molecule has 4 aromatic rings. The molecule has 24 heavy (non-hydrogen) atoms. The van der Waals surface area contributed by atoms with Gasteiger partial charge < -0.3 is 10.1 Å². The first kappa shape index (κ1) is 17.2. The van der Waals surface area contributed by atoms with Gasteiger partial charge in [0.1, 0.15) is 5.52 Å². The molecule has 0 saturated carbocycles. The maximum Gasteiger partial charge on any atom is 0.160 e. The van der Waals surface area contributed by atoms with Crippen LogP contribution in [0, 0.1) is 0 Å². The molecule has 0 fully saturated rings. The Morgan fingerprint density at radius 2 is 1.71 bits per heavy atom. The molecule has 7 heteroatoms. The zero-order chi connectivity index (χ0) is 16.1. The average Bonchev–Trinajstić information content (AvgIpc) is 2.95. The van der Waals surface area contributed by atoms with Crippen molar-refractivity contribution in [1.82, 2.24) is 9.97 Å². The highest BCUT2D eigenvalue weighted by Crippen LogP contribution is 2.37. The summed E-state index contributed by atoms with van der Waals surface area (Å²) in [5.74, 6) is -0.0768. The third-order valence-corrected chi connectivity index (χ3v) is 4.55. The molecule has 0 saturated heterocycles. The fraction of sp³-hybridized carbons (Fsp3) is 0. The molecule has 2 aromatic heterocycles. The number of halogens is 4. The van der Waals surface area contributed by atoms with Gasteiger partial charge in [-0.3, -0.25) is 0 Å². The van der Waals surface area contributed by atoms with Gasteiger partial charge in [-0.05, 0) is 42.5 Å². The summed E-state index contributed by atoms with van der Waals surface area (Å²) in [7, 11) is 0. The van der Waals surface area contributed by atoms with E-state index < -0.39 is 0 Å². The molecule has 2 aromatic carbocycles. The largest absolute Gasteiger partial charge is 0.504 e. The number of nitrogens with zero attached hydrogens (tertiary/aromatic N) is 1. The van der Waals surface area contributed by atoms with Gasteiger partial charge in [0.25, 0.3) is 0 Å². The number of hydrogen-bond acceptors (Lipinski definition) is 2. The Bertz CT molecular complexity index is 1080. The molecule has 4 rings (SSSR count). The zero-order valence-corrected chi connectivity index (χ0v) is 15.1. The minimum absolute atomic E-state index is 0. The summed E-state index contributed by atoms with van der Waals surface area (Å²) in [5.41, 5.74) is 2.83. The minimum Gasteiger partial charge on any atom is -0.504 e. The third kappa shape index (κ3) is 2.78. The van der Waals surface area contributed by atoms with Crippen LogP contribution in [-0.2, 0) is 0 Å². The average molecular weight is 400 g/mol. The lowest BCUT2D eigenvalue weighted by molar-refractivity contribution is 0.480. The number of phenols is 1. The van der Waals surface area contributed by atoms with Crippen molar-refractivity contribution in [3.8, 4) is 17.1 Å². The number of pyridine rings is 1. The Labute approximate surface area is 158 Å². The fourth-order valence-corrected chi connectivity index (χ4v) is 3.29. The summed E-state index contributed by atoms with van der Waals surface area (Å²) >= 11 is 18.1. The molecule has 0 aliphatic carbocycles. The van der Waals surface area contributed by atoms with Gasteiger partial charge in [0.15, 0.2) is 5.75 Å². The van der Waals surface area contributed by atoms with Crippen LogP contribution < -0.4 is 0 Å². The molecule has 0 spiro atoms. The molecule has 0 unspecified atom stereocenters. The molecule has 0 atom stereocenters. The Balaban J connectivity index is 0.00000169. The molecule has 0 aliphatic heterocycles. The number of rotatable bonds is 1. The smallest absolute Gasteiger partial charge is 0.160 e. The van der Waals surface area contributed by atoms with Crippen LogP contribution in [0.2, 0.25) is 15.1 Å². The Hall–Kier alpha value is -1.65. The molecule has 0 radical (unpaired) electrons. The molecule has 122 valence electrons. The Morgan fingerprint density at radius 1 is 0.917 bits per heavy atom. The van der Waals surface area contributed by atoms with E-state index in [-0.39, 0.29) is 23.2 Å². The van der Waals surface area contributed by atoms with Crippen molar-refractivity contribution in [3.05, 3.63) is 57.5 Å². The summed E-state index contributed by atoms with van der Waals surface area (Å²) in [4.78, 5) is 7.78. The SMILES string of the molecule is Cl.Oc1c(Cl)cc(Cl)c2ccc(-c3cc4cc(Cl)ccc4[nH]3)nc12. The van der Waals surface area contributed by atoms with Crippen molar-refractivity contribution in [1.29, 1.82) is 0 Å². The number of hydrogen-bond donors (Lipinski definition) is 2. The van der Waals surface area contributed by atoms with Gasteiger partial charge in [-0.25, -0.2) is 4.98 Å². The molecular formula is C17H10Cl4N2O. The monoisotopic (exact) mass is 398 g/mol. The second-order valence-electron chi connectivity index (χ2n) is 5.20. The van der Waals surface area contributed by atoms with Crippen molar-refractivity contribution in [2.75, 3.05) is 0 Å². The molecular weight excluding hydrogens is 390 g/mol. The van der Waals surface area contributed by atoms with E-state index >= 15 is 0 Å². The number of aromatic nitrogens is 2. The highest BCUT2D eigenvalue weighted by atomic mass is 35.5. The first-order valence-corrected chi connectivity index (χ1v) is 7.93. The van der Waals surface area contributed by atoms with Crippen LogP contribution in [0.25, 0.3) is 33.2 Å². The Morgan fingerprint density at radius 3 is 2.50 bits per heavy atom. The van der Waals surface area contributed by atoms with Gasteiger partial charge in [-0.1, -0.05) is 34.8 Å². The van der Waals surface area contributed by atoms with Crippen LogP contribution in [0.1, 0.15) is 0 Å². The van der Waals surface area contributed by atoms with Gasteiger partial charge in [0, 0.05) is 21.3 Å². The summed E-state index contributed by atoms with van der Waals surface area (Å²) in [6, 6.07) is 12.7. The number of aromatic amines is 1. The number of fused-ring (bicyclic) bond motifs is 2. The molecule has 0 amide bonds. The first-order valence-electron chi connectivity index (χ1n) is 6.79. The predicted octanol–water partition coefficient (Wildman–Crippen LogP) is 6.47. The van der Waals surface area contributed by atoms with Gasteiger partial charge in [-0.2, -0.15) is 0 Å². The molecule has 0 bridgehead atoms. The van der Waals surface area contributed by atoms with Crippen molar-refractivity contribution in [3.63, 3.8) is 0 Å². The number of H-pyrrole nitrogens is 1. The molecule has 3 nitrogen and oxygen atoms in total. The molecule has 0 aliphatic rings. The first-order chi connectivity index (χ1) is 11.0. The van der Waals surface area contributed by atoms with Gasteiger partial charge >= 0.3 is 0 Å². The molecule has 2 heterocycles. The van der Waals surface area contributed by atoms with Crippen LogP contribution in [0.4, 0.5) is 0 Å². The van der Waals surface area contributed by atoms with Gasteiger partial charge in [-0.15, -0.1) is 12.4 Å². The lowest BCUT2D eigenvalue weighted by Gasteiger charge is -2.06. The summed E-state index contributed by atoms with van der Waals surface area (Å²) < 4.78 is 0. The highest BCUT2D eigenvalue weighted by Gasteiger charge is 2.13. The van der Waals surface area contributed by atoms with Crippen molar-refractivity contribution in [2.45, 2.75) is 0 Å². The standard InChI is InChI=1S/C17H9Cl3N2O.ClH/c18-9-1-3-13-8(5-9)6-15(21-13)14-4-2-10-11(19)7-12(20)17(23)16(10)22-14;/h1-7,21,23H;1H. The van der Waals surface area contributed by atoms with Crippen molar-refractivity contribution < 1.29 is 5.11 Å². The second kappa shape index (κ2) is 6.34. The minimum atomic E-state index is -0.0768. The van der Waals surface area contributed by atoms with E-state index in [0.29, 0.717) is 26.6 Å². The van der Waals surface area contributed by atoms with Crippen LogP contribution >= 0.6 is 47.2 Å². The van der Waals surface area contributed by atoms with Crippen LogP contribution in [-0.4, -0.2) is 15.1 Å². The summed E-state index contributed by atoms with van der Waals surface area (Å²) in [5, 5.41) is 13.1. The van der Waals surface area contributed by atoms with Crippen molar-refractivity contribution in [2.24, 2.45) is 0 Å². The van der Waals surface area contributed by atoms with E-state index in [0.717, 1.165) is 16.6 Å². The van der Waals surface area contributed by atoms with E-state index in [1.165, 1.54) is 6.07 Å². The third-order valence-electron chi connectivity index (χ3n) is 3.72. The molecule has 2 N–H and O–H groups in total. The summed E-state index contributed by atoms with van der Waals surface area (Å²) in [6.45, 7) is 0. The van der Waals surface area contributed by atoms with Crippen LogP contribution in [0.5, 0.6) is 5.75 Å². The maximum atomic E-state index is 10.1. The highest BCUT2D eigenvalue weighted by molar-refractivity contribution is 6.39. The van der Waals surface area contributed by atoms with Crippen LogP contribution in [0.15, 0.2) is 42.5 Å². The summed E-state index contributed by atoms with van der Waals surface area (Å²) in [6.07, 6.45) is 0. The quantitative estimate of drug-likeness (QED) is 0.385.